The first kappa shape index (κ1) is 26.7. The van der Waals surface area contributed by atoms with E-state index in [2.05, 4.69) is 45.7 Å². The number of aromatic nitrogens is 2. The van der Waals surface area contributed by atoms with Gasteiger partial charge in [-0.25, -0.2) is 5.48 Å². The van der Waals surface area contributed by atoms with Gasteiger partial charge in [-0.1, -0.05) is 49.1 Å². The second-order valence-electron chi connectivity index (χ2n) is 8.40. The van der Waals surface area contributed by atoms with Gasteiger partial charge < -0.3 is 15.1 Å². The smallest absolute Gasteiger partial charge is 0.267 e. The number of aliphatic hydroxyl groups excluding tert-OH is 1. The molecular formula is C29H34N4O3. The lowest BCUT2D eigenvalue weighted by atomic mass is 10.1. The molecule has 0 unspecified atom stereocenters. The van der Waals surface area contributed by atoms with Crippen molar-refractivity contribution >= 4 is 35.5 Å². The van der Waals surface area contributed by atoms with Gasteiger partial charge >= 0.3 is 0 Å². The maximum absolute atomic E-state index is 11.0. The lowest BCUT2D eigenvalue weighted by Crippen LogP contribution is -2.28. The summed E-state index contributed by atoms with van der Waals surface area (Å²) < 4.78 is 0. The summed E-state index contributed by atoms with van der Waals surface area (Å²) in [6, 6.07) is 18.4. The van der Waals surface area contributed by atoms with Gasteiger partial charge in [-0.3, -0.25) is 14.9 Å². The highest BCUT2D eigenvalue weighted by Gasteiger charge is 2.07. The molecule has 0 aliphatic heterocycles. The summed E-state index contributed by atoms with van der Waals surface area (Å²) in [6.45, 7) is 8.09. The fraction of sp³-hybridized carbons (Fsp3) is 0.207. The minimum absolute atomic E-state index is 0.118. The zero-order valence-electron chi connectivity index (χ0n) is 20.6. The van der Waals surface area contributed by atoms with E-state index in [4.69, 9.17) is 5.21 Å². The van der Waals surface area contributed by atoms with Gasteiger partial charge in [-0.15, -0.1) is 0 Å². The molecule has 0 aliphatic carbocycles. The average Bonchev–Trinajstić information content (AvgIpc) is 3.55. The molecule has 5 N–H and O–H groups in total. The maximum atomic E-state index is 11.0. The summed E-state index contributed by atoms with van der Waals surface area (Å²) in [5, 5.41) is 21.3. The summed E-state index contributed by atoms with van der Waals surface area (Å²) in [6.07, 6.45) is 9.68. The number of hydroxylamine groups is 1. The Morgan fingerprint density at radius 1 is 1.03 bits per heavy atom. The number of hydrogen-bond acceptors (Lipinski definition) is 4. The lowest BCUT2D eigenvalue weighted by molar-refractivity contribution is -0.124. The Bertz CT molecular complexity index is 1370. The van der Waals surface area contributed by atoms with Crippen molar-refractivity contribution in [2.24, 2.45) is 0 Å². The van der Waals surface area contributed by atoms with Crippen molar-refractivity contribution in [3.63, 3.8) is 0 Å². The van der Waals surface area contributed by atoms with Crippen LogP contribution in [0.4, 0.5) is 0 Å². The van der Waals surface area contributed by atoms with Gasteiger partial charge in [0.15, 0.2) is 0 Å². The number of nitrogens with one attached hydrogen (secondary N) is 3. The first-order chi connectivity index (χ1) is 17.5. The number of aliphatic hydroxyl groups is 1. The first-order valence-electron chi connectivity index (χ1n) is 11.9. The Labute approximate surface area is 211 Å². The third-order valence-corrected chi connectivity index (χ3v) is 5.86. The summed E-state index contributed by atoms with van der Waals surface area (Å²) in [4.78, 5) is 19.5. The van der Waals surface area contributed by atoms with Crippen LogP contribution in [0.25, 0.3) is 29.6 Å². The molecule has 4 rings (SSSR count). The van der Waals surface area contributed by atoms with Gasteiger partial charge in [0, 0.05) is 49.0 Å². The van der Waals surface area contributed by atoms with Crippen molar-refractivity contribution in [2.75, 3.05) is 19.7 Å². The van der Waals surface area contributed by atoms with E-state index in [0.717, 1.165) is 41.5 Å². The molecule has 7 heteroatoms. The van der Waals surface area contributed by atoms with E-state index in [1.54, 1.807) is 11.6 Å². The molecule has 0 atom stereocenters. The number of rotatable bonds is 9. The van der Waals surface area contributed by atoms with E-state index in [1.807, 2.05) is 55.7 Å². The molecule has 2 heterocycles. The standard InChI is InChI=1S/C22H25N3O3.C7H9N/c26-14-13-25(12-10-18-5-7-20-9-11-23-21(20)15-18)16-19-3-1-17(2-4-19)6-8-22(27)24-28;1-3-7-4-5-8-6(7)2/h1-9,11,15,23,26,28H,10,12-14,16H2,(H,24,27);3-5,8H,2H2,1H3/b8-6+;7-3-. The highest BCUT2D eigenvalue weighted by atomic mass is 16.5. The van der Waals surface area contributed by atoms with Gasteiger partial charge in [0.25, 0.3) is 5.91 Å². The van der Waals surface area contributed by atoms with E-state index < -0.39 is 5.91 Å². The highest BCUT2D eigenvalue weighted by Crippen LogP contribution is 2.15. The lowest BCUT2D eigenvalue weighted by Gasteiger charge is -2.21. The van der Waals surface area contributed by atoms with Crippen LogP contribution in [0.5, 0.6) is 0 Å². The fourth-order valence-electron chi connectivity index (χ4n) is 3.84. The van der Waals surface area contributed by atoms with Crippen molar-refractivity contribution in [1.82, 2.24) is 20.3 Å². The van der Waals surface area contributed by atoms with E-state index in [-0.39, 0.29) is 6.61 Å². The van der Waals surface area contributed by atoms with Crippen LogP contribution < -0.4 is 16.0 Å². The van der Waals surface area contributed by atoms with Crippen molar-refractivity contribution < 1.29 is 15.1 Å². The van der Waals surface area contributed by atoms with E-state index >= 15 is 0 Å². The minimum Gasteiger partial charge on any atom is -0.395 e. The molecule has 0 saturated heterocycles. The molecule has 0 aliphatic rings. The van der Waals surface area contributed by atoms with Crippen LogP contribution in [0, 0.1) is 0 Å². The van der Waals surface area contributed by atoms with Crippen molar-refractivity contribution in [2.45, 2.75) is 19.9 Å². The summed E-state index contributed by atoms with van der Waals surface area (Å²) in [5.41, 5.74) is 5.98. The van der Waals surface area contributed by atoms with E-state index in [1.165, 1.54) is 22.2 Å². The number of H-pyrrole nitrogens is 2. The minimum atomic E-state index is -0.560. The Kier molecular flexibility index (Phi) is 10.3. The van der Waals surface area contributed by atoms with Gasteiger partial charge in [-0.05, 0) is 64.9 Å². The van der Waals surface area contributed by atoms with Crippen molar-refractivity contribution in [1.29, 1.82) is 0 Å². The van der Waals surface area contributed by atoms with Crippen LogP contribution in [-0.4, -0.2) is 50.8 Å². The van der Waals surface area contributed by atoms with Crippen LogP contribution in [-0.2, 0) is 17.8 Å². The third kappa shape index (κ3) is 8.09. The first-order valence-corrected chi connectivity index (χ1v) is 11.9. The molecule has 2 aromatic heterocycles. The molecule has 0 fully saturated rings. The number of hydrogen-bond donors (Lipinski definition) is 5. The second-order valence-corrected chi connectivity index (χ2v) is 8.40. The Hall–Kier alpha value is -3.91. The quantitative estimate of drug-likeness (QED) is 0.143. The van der Waals surface area contributed by atoms with Crippen LogP contribution in [0.1, 0.15) is 23.6 Å². The van der Waals surface area contributed by atoms with Gasteiger partial charge in [0.05, 0.1) is 6.61 Å². The molecule has 2 aromatic carbocycles. The number of aromatic amines is 2. The van der Waals surface area contributed by atoms with E-state index in [9.17, 15) is 9.90 Å². The second kappa shape index (κ2) is 13.8. The number of carbonyl (C=O) groups excluding carboxylic acids is 1. The molecule has 188 valence electrons. The number of carbonyl (C=O) groups is 1. The maximum Gasteiger partial charge on any atom is 0.267 e. The molecule has 36 heavy (non-hydrogen) atoms. The van der Waals surface area contributed by atoms with Crippen molar-refractivity contribution in [3.05, 3.63) is 100 Å². The predicted octanol–water partition coefficient (Wildman–Crippen LogP) is 2.95. The third-order valence-electron chi connectivity index (χ3n) is 5.86. The van der Waals surface area contributed by atoms with Crippen LogP contribution in [0.3, 0.4) is 0 Å². The normalized spacial score (nSPS) is 11.7. The molecule has 0 spiro atoms. The highest BCUT2D eigenvalue weighted by molar-refractivity contribution is 5.90. The van der Waals surface area contributed by atoms with Crippen molar-refractivity contribution in [3.8, 4) is 0 Å². The Balaban J connectivity index is 0.000000383. The number of amides is 1. The molecule has 4 aromatic rings. The van der Waals surface area contributed by atoms with Gasteiger partial charge in [-0.2, -0.15) is 0 Å². The summed E-state index contributed by atoms with van der Waals surface area (Å²) in [7, 11) is 0. The molecule has 0 radical (unpaired) electrons. The average molecular weight is 487 g/mol. The molecule has 1 amide bonds. The number of nitrogens with zero attached hydrogens (tertiary/aromatic N) is 1. The summed E-state index contributed by atoms with van der Waals surface area (Å²) >= 11 is 0. The van der Waals surface area contributed by atoms with Crippen LogP contribution in [0.15, 0.2) is 73.1 Å². The summed E-state index contributed by atoms with van der Waals surface area (Å²) in [5.74, 6) is -0.560. The number of benzene rings is 2. The Morgan fingerprint density at radius 3 is 2.42 bits per heavy atom. The van der Waals surface area contributed by atoms with Crippen LogP contribution in [0.2, 0.25) is 0 Å². The topological polar surface area (TPSA) is 104 Å². The monoisotopic (exact) mass is 486 g/mol. The molecule has 7 nitrogen and oxygen atoms in total. The molecule has 0 saturated carbocycles. The fourth-order valence-corrected chi connectivity index (χ4v) is 3.84. The van der Waals surface area contributed by atoms with Gasteiger partial charge in [0.1, 0.15) is 0 Å². The molecule has 0 bridgehead atoms. The van der Waals surface area contributed by atoms with Crippen LogP contribution >= 0.6 is 0 Å². The number of fused-ring (bicyclic) bond motifs is 1. The predicted molar refractivity (Wildman–Crippen MR) is 145 cm³/mol. The zero-order valence-corrected chi connectivity index (χ0v) is 20.6. The molecular weight excluding hydrogens is 452 g/mol. The SMILES string of the molecule is C=c1[nH]cc/c1=C/C.O=C(/C=C/c1ccc(CN(CCO)CCc2ccc3cc[nH]c3c2)cc1)NO. The Morgan fingerprint density at radius 2 is 1.78 bits per heavy atom. The largest absolute Gasteiger partial charge is 0.395 e. The zero-order chi connectivity index (χ0) is 25.8. The van der Waals surface area contributed by atoms with Gasteiger partial charge in [0.2, 0.25) is 0 Å². The van der Waals surface area contributed by atoms with E-state index in [0.29, 0.717) is 6.54 Å².